The SMILES string of the molecule is CCc1ccccc1CNC1CCCc2occc21. The van der Waals surface area contributed by atoms with Crippen molar-refractivity contribution in [2.45, 2.75) is 45.2 Å². The van der Waals surface area contributed by atoms with Crippen LogP contribution in [-0.2, 0) is 19.4 Å². The van der Waals surface area contributed by atoms with E-state index in [0.717, 1.165) is 19.4 Å². The van der Waals surface area contributed by atoms with Crippen molar-refractivity contribution in [1.82, 2.24) is 5.32 Å². The Morgan fingerprint density at radius 3 is 2.89 bits per heavy atom. The van der Waals surface area contributed by atoms with E-state index >= 15 is 0 Å². The maximum absolute atomic E-state index is 5.54. The highest BCUT2D eigenvalue weighted by Gasteiger charge is 2.22. The van der Waals surface area contributed by atoms with E-state index in [1.807, 2.05) is 6.26 Å². The summed E-state index contributed by atoms with van der Waals surface area (Å²) in [4.78, 5) is 0. The van der Waals surface area contributed by atoms with Crippen LogP contribution in [0.15, 0.2) is 41.0 Å². The average Bonchev–Trinajstić information content (AvgIpc) is 2.94. The van der Waals surface area contributed by atoms with E-state index in [-0.39, 0.29) is 0 Å². The highest BCUT2D eigenvalue weighted by molar-refractivity contribution is 5.28. The molecule has 1 aromatic heterocycles. The number of fused-ring (bicyclic) bond motifs is 1. The molecule has 0 aliphatic heterocycles. The highest BCUT2D eigenvalue weighted by atomic mass is 16.3. The first-order chi connectivity index (χ1) is 9.38. The predicted molar refractivity (Wildman–Crippen MR) is 77.0 cm³/mol. The van der Waals surface area contributed by atoms with Crippen LogP contribution < -0.4 is 5.32 Å². The lowest BCUT2D eigenvalue weighted by Gasteiger charge is -2.23. The number of benzene rings is 1. The number of nitrogens with one attached hydrogen (secondary N) is 1. The van der Waals surface area contributed by atoms with Gasteiger partial charge >= 0.3 is 0 Å². The zero-order chi connectivity index (χ0) is 13.1. The first-order valence-electron chi connectivity index (χ1n) is 7.25. The van der Waals surface area contributed by atoms with Crippen LogP contribution in [0.4, 0.5) is 0 Å². The quantitative estimate of drug-likeness (QED) is 0.893. The summed E-state index contributed by atoms with van der Waals surface area (Å²) in [5.41, 5.74) is 4.22. The number of hydrogen-bond donors (Lipinski definition) is 1. The van der Waals surface area contributed by atoms with Gasteiger partial charge in [0, 0.05) is 24.6 Å². The summed E-state index contributed by atoms with van der Waals surface area (Å²) >= 11 is 0. The summed E-state index contributed by atoms with van der Waals surface area (Å²) in [7, 11) is 0. The van der Waals surface area contributed by atoms with Crippen molar-refractivity contribution in [3.63, 3.8) is 0 Å². The minimum Gasteiger partial charge on any atom is -0.469 e. The standard InChI is InChI=1S/C17H21NO/c1-2-13-6-3-4-7-14(13)12-18-16-8-5-9-17-15(16)10-11-19-17/h3-4,6-7,10-11,16,18H,2,5,8-9,12H2,1H3. The highest BCUT2D eigenvalue weighted by Crippen LogP contribution is 2.30. The van der Waals surface area contributed by atoms with Gasteiger partial charge in [-0.2, -0.15) is 0 Å². The van der Waals surface area contributed by atoms with E-state index in [0.29, 0.717) is 6.04 Å². The predicted octanol–water partition coefficient (Wildman–Crippen LogP) is 4.01. The van der Waals surface area contributed by atoms with Gasteiger partial charge in [0.2, 0.25) is 0 Å². The number of rotatable bonds is 4. The van der Waals surface area contributed by atoms with E-state index in [4.69, 9.17) is 4.42 Å². The lowest BCUT2D eigenvalue weighted by molar-refractivity contribution is 0.410. The summed E-state index contributed by atoms with van der Waals surface area (Å²) < 4.78 is 5.54. The van der Waals surface area contributed by atoms with Crippen LogP contribution in [0.5, 0.6) is 0 Å². The largest absolute Gasteiger partial charge is 0.469 e. The Bertz CT molecular complexity index is 544. The Morgan fingerprint density at radius 2 is 2.05 bits per heavy atom. The fraction of sp³-hybridized carbons (Fsp3) is 0.412. The third-order valence-electron chi connectivity index (χ3n) is 4.09. The molecule has 1 aliphatic rings. The van der Waals surface area contributed by atoms with Gasteiger partial charge in [-0.05, 0) is 36.5 Å². The molecule has 1 aromatic carbocycles. The first kappa shape index (κ1) is 12.5. The molecule has 19 heavy (non-hydrogen) atoms. The van der Waals surface area contributed by atoms with Crippen LogP contribution in [0, 0.1) is 0 Å². The lowest BCUT2D eigenvalue weighted by Crippen LogP contribution is -2.24. The van der Waals surface area contributed by atoms with E-state index < -0.39 is 0 Å². The normalized spacial score (nSPS) is 18.3. The molecule has 2 nitrogen and oxygen atoms in total. The Kier molecular flexibility index (Phi) is 3.69. The van der Waals surface area contributed by atoms with E-state index in [1.54, 1.807) is 0 Å². The Balaban J connectivity index is 1.71. The summed E-state index contributed by atoms with van der Waals surface area (Å²) in [6, 6.07) is 11.3. The van der Waals surface area contributed by atoms with Gasteiger partial charge in [-0.25, -0.2) is 0 Å². The molecule has 3 rings (SSSR count). The summed E-state index contributed by atoms with van der Waals surface area (Å²) in [5.74, 6) is 1.17. The molecule has 1 unspecified atom stereocenters. The molecular weight excluding hydrogens is 234 g/mol. The second-order valence-corrected chi connectivity index (χ2v) is 5.25. The van der Waals surface area contributed by atoms with Crippen molar-refractivity contribution < 1.29 is 4.42 Å². The van der Waals surface area contributed by atoms with Crippen LogP contribution in [0.3, 0.4) is 0 Å². The molecule has 0 fully saturated rings. The summed E-state index contributed by atoms with van der Waals surface area (Å²) in [6.07, 6.45) is 6.44. The summed E-state index contributed by atoms with van der Waals surface area (Å²) in [5, 5.41) is 3.69. The Morgan fingerprint density at radius 1 is 1.21 bits per heavy atom. The second kappa shape index (κ2) is 5.62. The van der Waals surface area contributed by atoms with Crippen LogP contribution in [0.1, 0.15) is 48.3 Å². The minimum atomic E-state index is 0.451. The Hall–Kier alpha value is -1.54. The van der Waals surface area contributed by atoms with Crippen molar-refractivity contribution in [1.29, 1.82) is 0 Å². The van der Waals surface area contributed by atoms with Gasteiger partial charge in [0.25, 0.3) is 0 Å². The van der Waals surface area contributed by atoms with E-state index in [2.05, 4.69) is 42.6 Å². The molecule has 1 atom stereocenters. The molecule has 2 aromatic rings. The van der Waals surface area contributed by atoms with Crippen LogP contribution in [0.2, 0.25) is 0 Å². The fourth-order valence-corrected chi connectivity index (χ4v) is 3.01. The molecule has 0 saturated carbocycles. The molecule has 2 heteroatoms. The third-order valence-corrected chi connectivity index (χ3v) is 4.09. The molecule has 1 aliphatic carbocycles. The topological polar surface area (TPSA) is 25.2 Å². The van der Waals surface area contributed by atoms with Crippen molar-refractivity contribution in [3.8, 4) is 0 Å². The number of aryl methyl sites for hydroxylation is 2. The van der Waals surface area contributed by atoms with Gasteiger partial charge < -0.3 is 9.73 Å². The van der Waals surface area contributed by atoms with Gasteiger partial charge in [-0.1, -0.05) is 31.2 Å². The zero-order valence-corrected chi connectivity index (χ0v) is 11.5. The van der Waals surface area contributed by atoms with Crippen molar-refractivity contribution in [2.24, 2.45) is 0 Å². The zero-order valence-electron chi connectivity index (χ0n) is 11.5. The molecule has 0 saturated heterocycles. The number of furan rings is 1. The smallest absolute Gasteiger partial charge is 0.108 e. The van der Waals surface area contributed by atoms with Gasteiger partial charge in [-0.3, -0.25) is 0 Å². The minimum absolute atomic E-state index is 0.451. The average molecular weight is 255 g/mol. The van der Waals surface area contributed by atoms with Crippen molar-refractivity contribution in [2.75, 3.05) is 0 Å². The molecule has 100 valence electrons. The molecule has 1 heterocycles. The fourth-order valence-electron chi connectivity index (χ4n) is 3.01. The maximum Gasteiger partial charge on any atom is 0.108 e. The second-order valence-electron chi connectivity index (χ2n) is 5.25. The van der Waals surface area contributed by atoms with E-state index in [9.17, 15) is 0 Å². The van der Waals surface area contributed by atoms with Crippen LogP contribution in [-0.4, -0.2) is 0 Å². The maximum atomic E-state index is 5.54. The molecule has 1 N–H and O–H groups in total. The van der Waals surface area contributed by atoms with Gasteiger partial charge in [0.1, 0.15) is 5.76 Å². The number of hydrogen-bond acceptors (Lipinski definition) is 2. The van der Waals surface area contributed by atoms with Crippen LogP contribution in [0.25, 0.3) is 0 Å². The van der Waals surface area contributed by atoms with Crippen LogP contribution >= 0.6 is 0 Å². The first-order valence-corrected chi connectivity index (χ1v) is 7.25. The third kappa shape index (κ3) is 2.59. The van der Waals surface area contributed by atoms with Crippen molar-refractivity contribution >= 4 is 0 Å². The van der Waals surface area contributed by atoms with Gasteiger partial charge in [0.15, 0.2) is 0 Å². The molecular formula is C17H21NO. The lowest BCUT2D eigenvalue weighted by atomic mass is 9.93. The van der Waals surface area contributed by atoms with Crippen molar-refractivity contribution in [3.05, 3.63) is 59.0 Å². The molecule has 0 amide bonds. The monoisotopic (exact) mass is 255 g/mol. The molecule has 0 spiro atoms. The van der Waals surface area contributed by atoms with Gasteiger partial charge in [0.05, 0.1) is 6.26 Å². The van der Waals surface area contributed by atoms with Gasteiger partial charge in [-0.15, -0.1) is 0 Å². The summed E-state index contributed by atoms with van der Waals surface area (Å²) in [6.45, 7) is 3.16. The Labute approximate surface area is 114 Å². The molecule has 0 radical (unpaired) electrons. The van der Waals surface area contributed by atoms with E-state index in [1.165, 1.54) is 35.3 Å². The molecule has 0 bridgehead atoms.